The van der Waals surface area contributed by atoms with E-state index in [1.165, 1.54) is 4.90 Å². The second-order valence-corrected chi connectivity index (χ2v) is 12.8. The van der Waals surface area contributed by atoms with Crippen molar-refractivity contribution in [2.24, 2.45) is 17.6 Å². The van der Waals surface area contributed by atoms with Crippen molar-refractivity contribution in [3.63, 3.8) is 0 Å². The van der Waals surface area contributed by atoms with E-state index < -0.39 is 24.1 Å². The molecule has 3 amide bonds. The minimum Gasteiger partial charge on any atom is -0.391 e. The first-order valence-corrected chi connectivity index (χ1v) is 16.7. The first-order chi connectivity index (χ1) is 22.2. The molecule has 4 rings (SSSR count). The maximum absolute atomic E-state index is 13.9. The van der Waals surface area contributed by atoms with E-state index in [1.807, 2.05) is 48.5 Å². The van der Waals surface area contributed by atoms with E-state index in [1.54, 1.807) is 14.1 Å². The molecule has 0 aromatic heterocycles. The zero-order valence-electron chi connectivity index (χ0n) is 27.3. The molecule has 3 aromatic rings. The minimum absolute atomic E-state index is 0.0855. The van der Waals surface area contributed by atoms with Gasteiger partial charge in [-0.15, -0.1) is 0 Å². The van der Waals surface area contributed by atoms with E-state index in [0.717, 1.165) is 47.7 Å². The van der Waals surface area contributed by atoms with Crippen LogP contribution in [0.1, 0.15) is 49.7 Å². The van der Waals surface area contributed by atoms with Crippen LogP contribution in [0.3, 0.4) is 0 Å². The lowest BCUT2D eigenvalue weighted by molar-refractivity contribution is -0.136. The number of carbonyl (C=O) groups is 3. The van der Waals surface area contributed by atoms with Gasteiger partial charge in [0.15, 0.2) is 0 Å². The molecule has 1 saturated heterocycles. The predicted octanol–water partition coefficient (Wildman–Crippen LogP) is 3.18. The van der Waals surface area contributed by atoms with Gasteiger partial charge in [0.2, 0.25) is 17.7 Å². The predicted molar refractivity (Wildman–Crippen MR) is 183 cm³/mol. The summed E-state index contributed by atoms with van der Waals surface area (Å²) in [6.07, 6.45) is 3.58. The normalized spacial score (nSPS) is 17.4. The number of piperidine rings is 1. The van der Waals surface area contributed by atoms with Crippen molar-refractivity contribution < 1.29 is 19.5 Å². The topological polar surface area (TPSA) is 137 Å². The summed E-state index contributed by atoms with van der Waals surface area (Å²) < 4.78 is 0. The van der Waals surface area contributed by atoms with Crippen molar-refractivity contribution in [3.8, 4) is 0 Å². The number of fused-ring (bicyclic) bond motifs is 1. The summed E-state index contributed by atoms with van der Waals surface area (Å²) in [7, 11) is 3.36. The number of nitrogens with one attached hydrogen (secondary N) is 3. The Labute approximate surface area is 273 Å². The number of aliphatic hydroxyl groups excluding tert-OH is 1. The molecule has 6 N–H and O–H groups in total. The summed E-state index contributed by atoms with van der Waals surface area (Å²) in [5, 5.41) is 23.5. The average molecular weight is 630 g/mol. The lowest BCUT2D eigenvalue weighted by atomic mass is 9.87. The number of rotatable bonds is 16. The third-order valence-electron chi connectivity index (χ3n) is 8.95. The first-order valence-electron chi connectivity index (χ1n) is 16.7. The molecule has 0 spiro atoms. The maximum atomic E-state index is 13.9. The summed E-state index contributed by atoms with van der Waals surface area (Å²) in [6.45, 7) is 2.02. The van der Waals surface area contributed by atoms with Gasteiger partial charge in [-0.1, -0.05) is 72.8 Å². The molecule has 9 nitrogen and oxygen atoms in total. The second kappa shape index (κ2) is 17.8. The van der Waals surface area contributed by atoms with Gasteiger partial charge < -0.3 is 31.7 Å². The van der Waals surface area contributed by atoms with Crippen LogP contribution in [-0.2, 0) is 27.2 Å². The Balaban J connectivity index is 1.57. The third-order valence-corrected chi connectivity index (χ3v) is 8.95. The Morgan fingerprint density at radius 1 is 0.935 bits per heavy atom. The van der Waals surface area contributed by atoms with Crippen molar-refractivity contribution in [3.05, 3.63) is 83.9 Å². The number of nitrogens with zero attached hydrogens (tertiary/aromatic N) is 1. The van der Waals surface area contributed by atoms with Gasteiger partial charge in [0.05, 0.1) is 18.1 Å². The maximum Gasteiger partial charge on any atom is 0.244 e. The van der Waals surface area contributed by atoms with E-state index in [-0.39, 0.29) is 30.1 Å². The van der Waals surface area contributed by atoms with E-state index in [9.17, 15) is 19.5 Å². The molecular weight excluding hydrogens is 578 g/mol. The first kappa shape index (κ1) is 35.1. The molecule has 1 fully saturated rings. The average Bonchev–Trinajstić information content (AvgIpc) is 3.07. The Bertz CT molecular complexity index is 1410. The summed E-state index contributed by atoms with van der Waals surface area (Å²) >= 11 is 0. The van der Waals surface area contributed by atoms with Crippen LogP contribution in [0.15, 0.2) is 72.8 Å². The highest BCUT2D eigenvalue weighted by Crippen LogP contribution is 2.22. The molecule has 1 unspecified atom stereocenters. The number of hydrogen-bond acceptors (Lipinski definition) is 6. The van der Waals surface area contributed by atoms with E-state index in [0.29, 0.717) is 38.8 Å². The van der Waals surface area contributed by atoms with Crippen LogP contribution in [-0.4, -0.2) is 79.6 Å². The fourth-order valence-corrected chi connectivity index (χ4v) is 6.27. The Hall–Kier alpha value is -3.79. The molecule has 0 bridgehead atoms. The zero-order chi connectivity index (χ0) is 32.9. The number of aliphatic hydroxyl groups is 1. The molecule has 9 heteroatoms. The van der Waals surface area contributed by atoms with Gasteiger partial charge in [0, 0.05) is 26.6 Å². The van der Waals surface area contributed by atoms with Crippen LogP contribution >= 0.6 is 0 Å². The van der Waals surface area contributed by atoms with E-state index >= 15 is 0 Å². The van der Waals surface area contributed by atoms with Crippen molar-refractivity contribution in [1.82, 2.24) is 20.9 Å². The van der Waals surface area contributed by atoms with E-state index in [4.69, 9.17) is 5.73 Å². The summed E-state index contributed by atoms with van der Waals surface area (Å²) in [5.74, 6) is -1.35. The van der Waals surface area contributed by atoms with Gasteiger partial charge in [-0.3, -0.25) is 14.4 Å². The molecule has 0 radical (unpaired) electrons. The van der Waals surface area contributed by atoms with Gasteiger partial charge in [-0.05, 0) is 86.4 Å². The zero-order valence-corrected chi connectivity index (χ0v) is 27.3. The van der Waals surface area contributed by atoms with Gasteiger partial charge in [-0.25, -0.2) is 0 Å². The molecule has 46 heavy (non-hydrogen) atoms. The van der Waals surface area contributed by atoms with Crippen molar-refractivity contribution in [2.75, 3.05) is 33.7 Å². The molecule has 0 aliphatic carbocycles. The number of likely N-dealkylation sites (N-methyl/N-ethyl adjacent to an activating group) is 1. The van der Waals surface area contributed by atoms with Gasteiger partial charge in [0.1, 0.15) is 6.04 Å². The lowest BCUT2D eigenvalue weighted by Crippen LogP contribution is -2.52. The summed E-state index contributed by atoms with van der Waals surface area (Å²) in [6, 6.07) is 22.7. The van der Waals surface area contributed by atoms with Crippen LogP contribution in [0.25, 0.3) is 10.8 Å². The minimum atomic E-state index is -1.01. The van der Waals surface area contributed by atoms with Crippen LogP contribution in [0.2, 0.25) is 0 Å². The Kier molecular flexibility index (Phi) is 13.6. The standard InChI is InChI=1S/C37H51N5O4/c1-42(2)37(46)32(16-8-9-19-38)40-36(45)31(21-26-11-4-3-5-12-26)24-34(43)33(41-35(44)30-15-10-20-39-25-30)23-27-17-18-28-13-6-7-14-29(28)22-27/h3-7,11-14,17-18,22,30-34,39,43H,8-10,15-16,19-21,23-25,38H2,1-2H3,(H,40,45)(H,41,44)/t30?,31-,32-,33+,34+/m0/s1. The number of nitrogens with two attached hydrogens (primary N) is 1. The molecule has 0 saturated carbocycles. The molecule has 248 valence electrons. The number of carbonyl (C=O) groups excluding carboxylic acids is 3. The molecule has 5 atom stereocenters. The fraction of sp³-hybridized carbons (Fsp3) is 0.486. The summed E-state index contributed by atoms with van der Waals surface area (Å²) in [5.41, 5.74) is 7.64. The van der Waals surface area contributed by atoms with Gasteiger partial charge in [0.25, 0.3) is 0 Å². The Morgan fingerprint density at radius 2 is 1.67 bits per heavy atom. The highest BCUT2D eigenvalue weighted by Gasteiger charge is 2.32. The second-order valence-electron chi connectivity index (χ2n) is 12.8. The number of benzene rings is 3. The number of hydrogen-bond donors (Lipinski definition) is 5. The van der Waals surface area contributed by atoms with Crippen LogP contribution in [0.4, 0.5) is 0 Å². The third kappa shape index (κ3) is 10.4. The monoisotopic (exact) mass is 629 g/mol. The van der Waals surface area contributed by atoms with Crippen LogP contribution in [0.5, 0.6) is 0 Å². The van der Waals surface area contributed by atoms with Crippen molar-refractivity contribution in [1.29, 1.82) is 0 Å². The van der Waals surface area contributed by atoms with E-state index in [2.05, 4.69) is 40.2 Å². The SMILES string of the molecule is CN(C)C(=O)[C@H](CCCCN)NC(=O)[C@@H](Cc1ccccc1)C[C@@H](O)[C@@H](Cc1ccc2ccccc2c1)NC(=O)C1CCCNC1. The van der Waals surface area contributed by atoms with Crippen LogP contribution in [0, 0.1) is 11.8 Å². The van der Waals surface area contributed by atoms with Crippen LogP contribution < -0.4 is 21.7 Å². The van der Waals surface area contributed by atoms with Gasteiger partial charge in [-0.2, -0.15) is 0 Å². The van der Waals surface area contributed by atoms with Gasteiger partial charge >= 0.3 is 0 Å². The Morgan fingerprint density at radius 3 is 2.37 bits per heavy atom. The number of amides is 3. The number of unbranched alkanes of at least 4 members (excludes halogenated alkanes) is 1. The summed E-state index contributed by atoms with van der Waals surface area (Å²) in [4.78, 5) is 41.9. The fourth-order valence-electron chi connectivity index (χ4n) is 6.27. The molecule has 1 heterocycles. The highest BCUT2D eigenvalue weighted by molar-refractivity contribution is 5.88. The smallest absolute Gasteiger partial charge is 0.244 e. The van der Waals surface area contributed by atoms with Crippen molar-refractivity contribution >= 4 is 28.5 Å². The molecule has 1 aliphatic heterocycles. The highest BCUT2D eigenvalue weighted by atomic mass is 16.3. The molecule has 1 aliphatic rings. The van der Waals surface area contributed by atoms with Crippen molar-refractivity contribution in [2.45, 2.75) is 69.6 Å². The largest absolute Gasteiger partial charge is 0.391 e. The molecular formula is C37H51N5O4. The lowest BCUT2D eigenvalue weighted by Gasteiger charge is -2.31. The quantitative estimate of drug-likeness (QED) is 0.155. The molecule has 3 aromatic carbocycles.